The zero-order valence-electron chi connectivity index (χ0n) is 12.8. The second kappa shape index (κ2) is 7.62. The Morgan fingerprint density at radius 3 is 2.52 bits per heavy atom. The quantitative estimate of drug-likeness (QED) is 0.763. The average Bonchev–Trinajstić information content (AvgIpc) is 2.48. The van der Waals surface area contributed by atoms with Crippen molar-refractivity contribution >= 4 is 11.8 Å². The summed E-state index contributed by atoms with van der Waals surface area (Å²) in [6.07, 6.45) is 0. The van der Waals surface area contributed by atoms with Gasteiger partial charge in [0.1, 0.15) is 5.82 Å². The molecule has 1 nitrogen and oxygen atoms in total. The van der Waals surface area contributed by atoms with Crippen molar-refractivity contribution < 1.29 is 4.39 Å². The first-order valence-corrected chi connectivity index (χ1v) is 8.28. The standard InChI is InChI=1S/C18H22FNS/c1-4-20-17(15-10-9-13(2)14(3)11-15)12-21-18-8-6-5-7-16(18)19/h5-11,17,20H,4,12H2,1-3H3. The molecule has 0 aliphatic rings. The van der Waals surface area contributed by atoms with Crippen molar-refractivity contribution in [1.82, 2.24) is 5.32 Å². The average molecular weight is 303 g/mol. The first kappa shape index (κ1) is 16.1. The molecule has 2 aromatic rings. The van der Waals surface area contributed by atoms with E-state index < -0.39 is 0 Å². The van der Waals surface area contributed by atoms with Gasteiger partial charge in [0.15, 0.2) is 0 Å². The summed E-state index contributed by atoms with van der Waals surface area (Å²) in [4.78, 5) is 0.712. The summed E-state index contributed by atoms with van der Waals surface area (Å²) >= 11 is 1.56. The molecule has 2 aromatic carbocycles. The van der Waals surface area contributed by atoms with E-state index in [4.69, 9.17) is 0 Å². The molecule has 0 aliphatic heterocycles. The van der Waals surface area contributed by atoms with Crippen molar-refractivity contribution in [2.45, 2.75) is 31.7 Å². The van der Waals surface area contributed by atoms with Crippen LogP contribution in [0.2, 0.25) is 0 Å². The van der Waals surface area contributed by atoms with Crippen LogP contribution in [0.1, 0.15) is 29.7 Å². The molecule has 0 heterocycles. The number of benzene rings is 2. The van der Waals surface area contributed by atoms with Crippen LogP contribution in [0.3, 0.4) is 0 Å². The Morgan fingerprint density at radius 2 is 1.86 bits per heavy atom. The summed E-state index contributed by atoms with van der Waals surface area (Å²) in [5.74, 6) is 0.676. The van der Waals surface area contributed by atoms with Crippen LogP contribution in [0.5, 0.6) is 0 Å². The fourth-order valence-corrected chi connectivity index (χ4v) is 3.27. The van der Waals surface area contributed by atoms with Gasteiger partial charge in [-0.1, -0.05) is 37.3 Å². The normalized spacial score (nSPS) is 12.4. The fraction of sp³-hybridized carbons (Fsp3) is 0.333. The first-order valence-electron chi connectivity index (χ1n) is 7.29. The summed E-state index contributed by atoms with van der Waals surface area (Å²) < 4.78 is 13.7. The predicted molar refractivity (Wildman–Crippen MR) is 89.5 cm³/mol. The van der Waals surface area contributed by atoms with Crippen LogP contribution in [0, 0.1) is 19.7 Å². The molecule has 112 valence electrons. The monoisotopic (exact) mass is 303 g/mol. The maximum atomic E-state index is 13.7. The molecule has 3 heteroatoms. The summed E-state index contributed by atoms with van der Waals surface area (Å²) in [5.41, 5.74) is 3.87. The lowest BCUT2D eigenvalue weighted by molar-refractivity contribution is 0.595. The van der Waals surface area contributed by atoms with Gasteiger partial charge in [-0.05, 0) is 49.2 Å². The lowest BCUT2D eigenvalue weighted by Gasteiger charge is -2.19. The smallest absolute Gasteiger partial charge is 0.136 e. The number of hydrogen-bond acceptors (Lipinski definition) is 2. The molecule has 2 rings (SSSR count). The zero-order valence-corrected chi connectivity index (χ0v) is 13.6. The Kier molecular flexibility index (Phi) is 5.83. The molecule has 0 amide bonds. The van der Waals surface area contributed by atoms with Crippen LogP contribution in [0.15, 0.2) is 47.4 Å². The van der Waals surface area contributed by atoms with Crippen molar-refractivity contribution in [3.05, 3.63) is 65.0 Å². The van der Waals surface area contributed by atoms with Gasteiger partial charge in [-0.3, -0.25) is 0 Å². The fourth-order valence-electron chi connectivity index (χ4n) is 2.24. The first-order chi connectivity index (χ1) is 10.1. The molecule has 0 fully saturated rings. The number of rotatable bonds is 6. The third-order valence-corrected chi connectivity index (χ3v) is 4.77. The van der Waals surface area contributed by atoms with Gasteiger partial charge in [-0.2, -0.15) is 0 Å². The highest BCUT2D eigenvalue weighted by atomic mass is 32.2. The minimum absolute atomic E-state index is 0.141. The Morgan fingerprint density at radius 1 is 1.10 bits per heavy atom. The van der Waals surface area contributed by atoms with Gasteiger partial charge in [0.05, 0.1) is 0 Å². The van der Waals surface area contributed by atoms with Gasteiger partial charge in [-0.15, -0.1) is 11.8 Å². The zero-order chi connectivity index (χ0) is 15.2. The highest BCUT2D eigenvalue weighted by molar-refractivity contribution is 7.99. The van der Waals surface area contributed by atoms with E-state index in [1.807, 2.05) is 12.1 Å². The number of thioether (sulfide) groups is 1. The summed E-state index contributed by atoms with van der Waals surface area (Å²) in [6.45, 7) is 7.25. The van der Waals surface area contributed by atoms with Crippen LogP contribution in [0.25, 0.3) is 0 Å². The van der Waals surface area contributed by atoms with Crippen LogP contribution >= 0.6 is 11.8 Å². The molecule has 0 saturated heterocycles. The minimum atomic E-state index is -0.141. The van der Waals surface area contributed by atoms with E-state index in [0.717, 1.165) is 12.3 Å². The Hall–Kier alpha value is -1.32. The Labute approximate surface area is 131 Å². The molecular weight excluding hydrogens is 281 g/mol. The highest BCUT2D eigenvalue weighted by Crippen LogP contribution is 2.27. The Balaban J connectivity index is 2.12. The van der Waals surface area contributed by atoms with Crippen molar-refractivity contribution in [3.8, 4) is 0 Å². The second-order valence-corrected chi connectivity index (χ2v) is 6.26. The van der Waals surface area contributed by atoms with E-state index in [1.165, 1.54) is 22.8 Å². The molecule has 1 unspecified atom stereocenters. The summed E-state index contributed by atoms with van der Waals surface area (Å²) in [5, 5.41) is 3.49. The number of halogens is 1. The van der Waals surface area contributed by atoms with E-state index in [0.29, 0.717) is 4.90 Å². The van der Waals surface area contributed by atoms with E-state index in [1.54, 1.807) is 17.8 Å². The SMILES string of the molecule is CCNC(CSc1ccccc1F)c1ccc(C)c(C)c1. The number of nitrogens with one attached hydrogen (secondary N) is 1. The molecule has 0 bridgehead atoms. The largest absolute Gasteiger partial charge is 0.309 e. The molecule has 0 saturated carbocycles. The Bertz CT molecular complexity index is 598. The molecule has 0 aliphatic carbocycles. The highest BCUT2D eigenvalue weighted by Gasteiger charge is 2.12. The van der Waals surface area contributed by atoms with Crippen LogP contribution in [-0.4, -0.2) is 12.3 Å². The van der Waals surface area contributed by atoms with Gasteiger partial charge in [0.25, 0.3) is 0 Å². The van der Waals surface area contributed by atoms with Crippen molar-refractivity contribution in [1.29, 1.82) is 0 Å². The van der Waals surface area contributed by atoms with Crippen LogP contribution in [-0.2, 0) is 0 Å². The molecule has 21 heavy (non-hydrogen) atoms. The van der Waals surface area contributed by atoms with E-state index in [2.05, 4.69) is 44.3 Å². The maximum absolute atomic E-state index is 13.7. The summed E-state index contributed by atoms with van der Waals surface area (Å²) in [6, 6.07) is 13.7. The van der Waals surface area contributed by atoms with Gasteiger partial charge in [0.2, 0.25) is 0 Å². The molecule has 0 aromatic heterocycles. The predicted octanol–water partition coefficient (Wildman–Crippen LogP) is 4.89. The topological polar surface area (TPSA) is 12.0 Å². The van der Waals surface area contributed by atoms with Gasteiger partial charge in [0, 0.05) is 16.7 Å². The third-order valence-electron chi connectivity index (χ3n) is 3.63. The van der Waals surface area contributed by atoms with E-state index in [-0.39, 0.29) is 11.9 Å². The number of aryl methyl sites for hydroxylation is 2. The molecule has 1 atom stereocenters. The molecule has 0 radical (unpaired) electrons. The van der Waals surface area contributed by atoms with Gasteiger partial charge >= 0.3 is 0 Å². The minimum Gasteiger partial charge on any atom is -0.309 e. The van der Waals surface area contributed by atoms with Crippen molar-refractivity contribution in [2.75, 3.05) is 12.3 Å². The molecule has 0 spiro atoms. The maximum Gasteiger partial charge on any atom is 0.136 e. The lowest BCUT2D eigenvalue weighted by atomic mass is 10.0. The van der Waals surface area contributed by atoms with Crippen molar-refractivity contribution in [3.63, 3.8) is 0 Å². The lowest BCUT2D eigenvalue weighted by Crippen LogP contribution is -2.23. The van der Waals surface area contributed by atoms with E-state index in [9.17, 15) is 4.39 Å². The van der Waals surface area contributed by atoms with Crippen molar-refractivity contribution in [2.24, 2.45) is 0 Å². The summed E-state index contributed by atoms with van der Waals surface area (Å²) in [7, 11) is 0. The molecule has 1 N–H and O–H groups in total. The second-order valence-electron chi connectivity index (χ2n) is 5.20. The van der Waals surface area contributed by atoms with Crippen LogP contribution < -0.4 is 5.32 Å². The van der Waals surface area contributed by atoms with E-state index >= 15 is 0 Å². The number of hydrogen-bond donors (Lipinski definition) is 1. The molecular formula is C18H22FNS. The van der Waals surface area contributed by atoms with Crippen LogP contribution in [0.4, 0.5) is 4.39 Å². The van der Waals surface area contributed by atoms with Gasteiger partial charge in [-0.25, -0.2) is 4.39 Å². The third kappa shape index (κ3) is 4.32. The van der Waals surface area contributed by atoms with Gasteiger partial charge < -0.3 is 5.32 Å².